The Bertz CT molecular complexity index is 784. The number of hydrogen-bond acceptors (Lipinski definition) is 4. The van der Waals surface area contributed by atoms with Crippen LogP contribution in [0.25, 0.3) is 0 Å². The van der Waals surface area contributed by atoms with Gasteiger partial charge in [0.25, 0.3) is 0 Å². The van der Waals surface area contributed by atoms with Gasteiger partial charge in [-0.15, -0.1) is 0 Å². The minimum Gasteiger partial charge on any atom is -0.466 e. The molecule has 3 aliphatic heterocycles. The van der Waals surface area contributed by atoms with Crippen LogP contribution in [0.2, 0.25) is 0 Å². The van der Waals surface area contributed by atoms with Crippen molar-refractivity contribution >= 4 is 17.6 Å². The van der Waals surface area contributed by atoms with E-state index in [1.165, 1.54) is 12.7 Å². The molecule has 118 valence electrons. The Kier molecular flexibility index (Phi) is 2.38. The number of nitrogens with one attached hydrogen (secondary N) is 1. The predicted molar refractivity (Wildman–Crippen MR) is 83.6 cm³/mol. The Balaban J connectivity index is 1.79. The van der Waals surface area contributed by atoms with Gasteiger partial charge in [-0.05, 0) is 30.4 Å². The monoisotopic (exact) mass is 310 g/mol. The maximum Gasteiger partial charge on any atom is 0.335 e. The summed E-state index contributed by atoms with van der Waals surface area (Å²) in [6.45, 7) is 0.772. The summed E-state index contributed by atoms with van der Waals surface area (Å²) in [4.78, 5) is 26.8. The largest absolute Gasteiger partial charge is 0.466 e. The number of para-hydroxylation sites is 1. The maximum atomic E-state index is 12.4. The Morgan fingerprint density at radius 2 is 2.17 bits per heavy atom. The molecule has 1 aromatic carbocycles. The Morgan fingerprint density at radius 3 is 3.00 bits per heavy atom. The van der Waals surface area contributed by atoms with Crippen LogP contribution < -0.4 is 5.32 Å². The Labute approximate surface area is 134 Å². The van der Waals surface area contributed by atoms with Crippen LogP contribution in [0.4, 0.5) is 5.69 Å². The third-order valence-corrected chi connectivity index (χ3v) is 6.10. The summed E-state index contributed by atoms with van der Waals surface area (Å²) in [5.41, 5.74) is 3.73. The minimum absolute atomic E-state index is 0.176. The fourth-order valence-electron chi connectivity index (χ4n) is 5.37. The smallest absolute Gasteiger partial charge is 0.335 e. The molecule has 0 saturated carbocycles. The number of ether oxygens (including phenoxy) is 1. The number of nitrogens with zero attached hydrogens (tertiary/aromatic N) is 1. The number of rotatable bonds is 1. The average Bonchev–Trinajstić information content (AvgIpc) is 3.21. The number of fused-ring (bicyclic) bond motifs is 1. The number of carbonyl (C=O) groups is 2. The van der Waals surface area contributed by atoms with Crippen LogP contribution in [0.15, 0.2) is 35.5 Å². The lowest BCUT2D eigenvalue weighted by atomic mass is 9.64. The van der Waals surface area contributed by atoms with Crippen molar-refractivity contribution in [2.45, 2.75) is 30.7 Å². The maximum absolute atomic E-state index is 12.4. The molecule has 1 aliphatic carbocycles. The molecule has 3 atom stereocenters. The van der Waals surface area contributed by atoms with E-state index in [0.29, 0.717) is 12.8 Å². The molecule has 5 heteroatoms. The second-order valence-corrected chi connectivity index (χ2v) is 6.94. The van der Waals surface area contributed by atoms with Crippen molar-refractivity contribution in [1.82, 2.24) is 4.90 Å². The number of benzene rings is 1. The van der Waals surface area contributed by atoms with E-state index in [9.17, 15) is 9.59 Å². The number of esters is 1. The van der Waals surface area contributed by atoms with E-state index < -0.39 is 0 Å². The van der Waals surface area contributed by atoms with Gasteiger partial charge in [-0.1, -0.05) is 18.2 Å². The number of amides is 1. The minimum atomic E-state index is -0.268. The summed E-state index contributed by atoms with van der Waals surface area (Å²) >= 11 is 0. The molecule has 0 radical (unpaired) electrons. The zero-order valence-corrected chi connectivity index (χ0v) is 13.0. The van der Waals surface area contributed by atoms with Gasteiger partial charge in [0, 0.05) is 24.4 Å². The van der Waals surface area contributed by atoms with Crippen molar-refractivity contribution in [3.8, 4) is 0 Å². The summed E-state index contributed by atoms with van der Waals surface area (Å²) in [6, 6.07) is 8.41. The highest BCUT2D eigenvalue weighted by atomic mass is 16.5. The van der Waals surface area contributed by atoms with Gasteiger partial charge in [0.05, 0.1) is 24.1 Å². The zero-order valence-electron chi connectivity index (χ0n) is 13.0. The van der Waals surface area contributed by atoms with Crippen molar-refractivity contribution in [2.75, 3.05) is 19.0 Å². The van der Waals surface area contributed by atoms with E-state index in [1.54, 1.807) is 0 Å². The third-order valence-electron chi connectivity index (χ3n) is 6.10. The molecule has 1 N–H and O–H groups in total. The lowest BCUT2D eigenvalue weighted by molar-refractivity contribution is -0.136. The number of anilines is 1. The summed E-state index contributed by atoms with van der Waals surface area (Å²) in [6.07, 6.45) is 2.04. The standard InChI is InChI=1S/C18H18N2O3/c1-23-17(22)11-8-10-9-14(21)20-7-6-18(16(10)20)12-4-2-3-5-13(12)19-15(11)18/h2-5,10,16,19H,6-9H2,1H3/t10-,16+,18?/m0/s1. The molecule has 5 rings (SSSR count). The molecular formula is C18H18N2O3. The normalized spacial score (nSPS) is 33.3. The van der Waals surface area contributed by atoms with Crippen LogP contribution >= 0.6 is 0 Å². The fraction of sp³-hybridized carbons (Fsp3) is 0.444. The molecular weight excluding hydrogens is 292 g/mol. The van der Waals surface area contributed by atoms with Crippen LogP contribution in [0.3, 0.4) is 0 Å². The molecule has 0 bridgehead atoms. The van der Waals surface area contributed by atoms with Crippen LogP contribution in [0.1, 0.15) is 24.8 Å². The number of hydrogen-bond donors (Lipinski definition) is 1. The van der Waals surface area contributed by atoms with E-state index in [4.69, 9.17) is 4.74 Å². The van der Waals surface area contributed by atoms with Crippen molar-refractivity contribution in [3.63, 3.8) is 0 Å². The Hall–Kier alpha value is -2.30. The molecule has 1 unspecified atom stereocenters. The summed E-state index contributed by atoms with van der Waals surface area (Å²) in [5.74, 6) is 0.165. The van der Waals surface area contributed by atoms with Gasteiger partial charge in [0.2, 0.25) is 5.91 Å². The summed E-state index contributed by atoms with van der Waals surface area (Å²) < 4.78 is 5.04. The van der Waals surface area contributed by atoms with Crippen LogP contribution in [-0.4, -0.2) is 36.5 Å². The SMILES string of the molecule is COC(=O)C1=C2Nc3ccccc3C23CCN2C(=O)C[C@H](C1)[C@@H]23. The first-order valence-corrected chi connectivity index (χ1v) is 8.15. The van der Waals surface area contributed by atoms with E-state index in [2.05, 4.69) is 17.4 Å². The Morgan fingerprint density at radius 1 is 1.35 bits per heavy atom. The molecule has 5 nitrogen and oxygen atoms in total. The summed E-state index contributed by atoms with van der Waals surface area (Å²) in [7, 11) is 1.43. The molecule has 1 spiro atoms. The van der Waals surface area contributed by atoms with Gasteiger partial charge in [-0.2, -0.15) is 0 Å². The molecule has 23 heavy (non-hydrogen) atoms. The first-order chi connectivity index (χ1) is 11.2. The van der Waals surface area contributed by atoms with Crippen LogP contribution in [0, 0.1) is 5.92 Å². The first-order valence-electron chi connectivity index (χ1n) is 8.15. The quantitative estimate of drug-likeness (QED) is 0.804. The van der Waals surface area contributed by atoms with Crippen LogP contribution in [-0.2, 0) is 19.7 Å². The second-order valence-electron chi connectivity index (χ2n) is 6.94. The van der Waals surface area contributed by atoms with Gasteiger partial charge >= 0.3 is 5.97 Å². The molecule has 2 fully saturated rings. The van der Waals surface area contributed by atoms with Gasteiger partial charge in [0.1, 0.15) is 0 Å². The van der Waals surface area contributed by atoms with Crippen LogP contribution in [0.5, 0.6) is 0 Å². The second kappa shape index (κ2) is 4.16. The zero-order chi connectivity index (χ0) is 15.8. The summed E-state index contributed by atoms with van der Waals surface area (Å²) in [5, 5.41) is 3.49. The van der Waals surface area contributed by atoms with Gasteiger partial charge in [-0.3, -0.25) is 4.79 Å². The first kappa shape index (κ1) is 13.2. The van der Waals surface area contributed by atoms with Gasteiger partial charge in [0.15, 0.2) is 0 Å². The average molecular weight is 310 g/mol. The van der Waals surface area contributed by atoms with Crippen molar-refractivity contribution < 1.29 is 14.3 Å². The topological polar surface area (TPSA) is 58.6 Å². The van der Waals surface area contributed by atoms with Crippen molar-refractivity contribution in [2.24, 2.45) is 5.92 Å². The fourth-order valence-corrected chi connectivity index (χ4v) is 5.37. The van der Waals surface area contributed by atoms with Gasteiger partial charge in [-0.25, -0.2) is 4.79 Å². The lowest BCUT2D eigenvalue weighted by Crippen LogP contribution is -2.47. The van der Waals surface area contributed by atoms with E-state index in [-0.39, 0.29) is 29.3 Å². The molecule has 1 aromatic rings. The highest BCUT2D eigenvalue weighted by molar-refractivity contribution is 5.94. The highest BCUT2D eigenvalue weighted by Crippen LogP contribution is 2.61. The molecule has 0 aromatic heterocycles. The van der Waals surface area contributed by atoms with Crippen molar-refractivity contribution in [3.05, 3.63) is 41.1 Å². The number of carbonyl (C=O) groups excluding carboxylic acids is 2. The lowest BCUT2D eigenvalue weighted by Gasteiger charge is -2.41. The van der Waals surface area contributed by atoms with E-state index in [1.807, 2.05) is 17.0 Å². The highest BCUT2D eigenvalue weighted by Gasteiger charge is 2.64. The van der Waals surface area contributed by atoms with E-state index in [0.717, 1.165) is 29.9 Å². The third kappa shape index (κ3) is 1.39. The molecule has 1 amide bonds. The number of methoxy groups -OCH3 is 1. The predicted octanol–water partition coefficient (Wildman–Crippen LogP) is 1.80. The molecule has 4 aliphatic rings. The van der Waals surface area contributed by atoms with E-state index >= 15 is 0 Å². The molecule has 2 saturated heterocycles. The van der Waals surface area contributed by atoms with Gasteiger partial charge < -0.3 is 15.0 Å². The van der Waals surface area contributed by atoms with Crippen molar-refractivity contribution in [1.29, 1.82) is 0 Å². The molecule has 3 heterocycles.